The van der Waals surface area contributed by atoms with Crippen molar-refractivity contribution in [1.82, 2.24) is 5.32 Å². The fourth-order valence-electron chi connectivity index (χ4n) is 1.89. The van der Waals surface area contributed by atoms with Gasteiger partial charge in [-0.25, -0.2) is 0 Å². The third-order valence-corrected chi connectivity index (χ3v) is 3.14. The lowest BCUT2D eigenvalue weighted by Gasteiger charge is -2.22. The number of nitrogens with two attached hydrogens (primary N) is 1. The highest BCUT2D eigenvalue weighted by atomic mass is 16.1. The quantitative estimate of drug-likeness (QED) is 0.699. The van der Waals surface area contributed by atoms with E-state index in [0.717, 1.165) is 12.5 Å². The minimum atomic E-state index is -0.418. The Hall–Kier alpha value is -0.570. The molecule has 3 nitrogen and oxygen atoms in total. The third-order valence-electron chi connectivity index (χ3n) is 3.14. The van der Waals surface area contributed by atoms with Gasteiger partial charge >= 0.3 is 0 Å². The predicted molar refractivity (Wildman–Crippen MR) is 57.8 cm³/mol. The molecule has 1 fully saturated rings. The van der Waals surface area contributed by atoms with Crippen LogP contribution in [0.3, 0.4) is 0 Å². The fourth-order valence-corrected chi connectivity index (χ4v) is 1.89. The van der Waals surface area contributed by atoms with E-state index >= 15 is 0 Å². The summed E-state index contributed by atoms with van der Waals surface area (Å²) in [6.45, 7) is 5.50. The van der Waals surface area contributed by atoms with Gasteiger partial charge in [0.1, 0.15) is 0 Å². The van der Waals surface area contributed by atoms with Gasteiger partial charge in [0.15, 0.2) is 0 Å². The van der Waals surface area contributed by atoms with Crippen molar-refractivity contribution < 1.29 is 4.79 Å². The van der Waals surface area contributed by atoms with E-state index in [-0.39, 0.29) is 5.91 Å². The highest BCUT2D eigenvalue weighted by molar-refractivity contribution is 5.80. The van der Waals surface area contributed by atoms with Crippen LogP contribution in [-0.4, -0.2) is 19.0 Å². The molecule has 1 rings (SSSR count). The van der Waals surface area contributed by atoms with Crippen LogP contribution in [0.25, 0.3) is 0 Å². The van der Waals surface area contributed by atoms with Crippen LogP contribution in [0.1, 0.15) is 39.5 Å². The second kappa shape index (κ2) is 4.78. The van der Waals surface area contributed by atoms with Gasteiger partial charge in [-0.05, 0) is 39.2 Å². The number of carbonyl (C=O) groups is 1. The molecule has 0 heterocycles. The van der Waals surface area contributed by atoms with Crippen molar-refractivity contribution >= 4 is 5.91 Å². The van der Waals surface area contributed by atoms with E-state index < -0.39 is 5.41 Å². The average Bonchev–Trinajstić information content (AvgIpc) is 2.56. The summed E-state index contributed by atoms with van der Waals surface area (Å²) in [5, 5.41) is 3.35. The molecule has 0 bridgehead atoms. The van der Waals surface area contributed by atoms with Crippen molar-refractivity contribution in [2.45, 2.75) is 39.5 Å². The topological polar surface area (TPSA) is 55.1 Å². The summed E-state index contributed by atoms with van der Waals surface area (Å²) >= 11 is 0. The zero-order valence-electron chi connectivity index (χ0n) is 9.31. The highest BCUT2D eigenvalue weighted by Crippen LogP contribution is 2.24. The first-order valence-electron chi connectivity index (χ1n) is 5.53. The Kier molecular flexibility index (Phi) is 3.93. The molecule has 3 heteroatoms. The van der Waals surface area contributed by atoms with E-state index in [1.54, 1.807) is 0 Å². The number of amides is 1. The lowest BCUT2D eigenvalue weighted by atomic mass is 9.92. The van der Waals surface area contributed by atoms with Gasteiger partial charge in [0.05, 0.1) is 5.41 Å². The standard InChI is InChI=1S/C11H22N2O/c1-11(2,10(12)14)8-13-7-9-5-3-4-6-9/h9,13H,3-8H2,1-2H3,(H2,12,14). The minimum Gasteiger partial charge on any atom is -0.369 e. The summed E-state index contributed by atoms with van der Waals surface area (Å²) < 4.78 is 0. The molecule has 0 unspecified atom stereocenters. The van der Waals surface area contributed by atoms with Crippen molar-refractivity contribution in [3.05, 3.63) is 0 Å². The first-order valence-corrected chi connectivity index (χ1v) is 5.53. The third kappa shape index (κ3) is 3.29. The van der Waals surface area contributed by atoms with Crippen molar-refractivity contribution in [3.8, 4) is 0 Å². The number of primary amides is 1. The normalized spacial score (nSPS) is 18.7. The summed E-state index contributed by atoms with van der Waals surface area (Å²) in [6.07, 6.45) is 5.41. The van der Waals surface area contributed by atoms with Crippen LogP contribution >= 0.6 is 0 Å². The molecule has 1 aliphatic carbocycles. The largest absolute Gasteiger partial charge is 0.369 e. The van der Waals surface area contributed by atoms with E-state index in [1.807, 2.05) is 13.8 Å². The maximum atomic E-state index is 11.0. The SMILES string of the molecule is CC(C)(CNCC1CCCC1)C(N)=O. The Morgan fingerprint density at radius 1 is 1.43 bits per heavy atom. The molecule has 0 atom stereocenters. The number of hydrogen-bond donors (Lipinski definition) is 2. The van der Waals surface area contributed by atoms with Crippen molar-refractivity contribution in [1.29, 1.82) is 0 Å². The Balaban J connectivity index is 2.16. The molecule has 0 spiro atoms. The number of nitrogens with one attached hydrogen (secondary N) is 1. The van der Waals surface area contributed by atoms with Crippen LogP contribution < -0.4 is 11.1 Å². The molecule has 0 aromatic rings. The Labute approximate surface area is 86.4 Å². The Morgan fingerprint density at radius 3 is 2.50 bits per heavy atom. The van der Waals surface area contributed by atoms with Crippen LogP contribution in [0.2, 0.25) is 0 Å². The Morgan fingerprint density at radius 2 is 2.00 bits per heavy atom. The van der Waals surface area contributed by atoms with Crippen LogP contribution in [0.5, 0.6) is 0 Å². The Bertz CT molecular complexity index is 195. The molecular weight excluding hydrogens is 176 g/mol. The van der Waals surface area contributed by atoms with Crippen molar-refractivity contribution in [2.24, 2.45) is 17.1 Å². The van der Waals surface area contributed by atoms with Gasteiger partial charge in [-0.3, -0.25) is 4.79 Å². The highest BCUT2D eigenvalue weighted by Gasteiger charge is 2.24. The maximum absolute atomic E-state index is 11.0. The zero-order valence-corrected chi connectivity index (χ0v) is 9.31. The molecule has 82 valence electrons. The van der Waals surface area contributed by atoms with Crippen molar-refractivity contribution in [3.63, 3.8) is 0 Å². The minimum absolute atomic E-state index is 0.226. The van der Waals surface area contributed by atoms with Crippen molar-refractivity contribution in [2.75, 3.05) is 13.1 Å². The van der Waals surface area contributed by atoms with E-state index in [1.165, 1.54) is 25.7 Å². The molecule has 0 aliphatic heterocycles. The zero-order chi connectivity index (χ0) is 10.6. The fraction of sp³-hybridized carbons (Fsp3) is 0.909. The summed E-state index contributed by atoms with van der Waals surface area (Å²) in [5.41, 5.74) is 4.87. The second-order valence-corrected chi connectivity index (χ2v) is 5.03. The average molecular weight is 198 g/mol. The van der Waals surface area contributed by atoms with Crippen LogP contribution in [0, 0.1) is 11.3 Å². The van der Waals surface area contributed by atoms with Gasteiger partial charge in [-0.1, -0.05) is 12.8 Å². The molecule has 1 aliphatic rings. The molecule has 1 saturated carbocycles. The van der Waals surface area contributed by atoms with E-state index in [9.17, 15) is 4.79 Å². The van der Waals surface area contributed by atoms with Crippen LogP contribution in [0.4, 0.5) is 0 Å². The number of hydrogen-bond acceptors (Lipinski definition) is 2. The molecule has 14 heavy (non-hydrogen) atoms. The molecule has 0 saturated heterocycles. The van der Waals surface area contributed by atoms with Crippen LogP contribution in [0.15, 0.2) is 0 Å². The smallest absolute Gasteiger partial charge is 0.224 e. The lowest BCUT2D eigenvalue weighted by Crippen LogP contribution is -2.41. The second-order valence-electron chi connectivity index (χ2n) is 5.03. The van der Waals surface area contributed by atoms with Gasteiger partial charge in [0, 0.05) is 6.54 Å². The van der Waals surface area contributed by atoms with Gasteiger partial charge in [0.2, 0.25) is 5.91 Å². The van der Waals surface area contributed by atoms with E-state index in [0.29, 0.717) is 6.54 Å². The van der Waals surface area contributed by atoms with Crippen LogP contribution in [-0.2, 0) is 4.79 Å². The van der Waals surface area contributed by atoms with E-state index in [4.69, 9.17) is 5.73 Å². The summed E-state index contributed by atoms with van der Waals surface area (Å²) in [7, 11) is 0. The lowest BCUT2D eigenvalue weighted by molar-refractivity contribution is -0.125. The summed E-state index contributed by atoms with van der Waals surface area (Å²) in [5.74, 6) is 0.593. The van der Waals surface area contributed by atoms with Gasteiger partial charge in [0.25, 0.3) is 0 Å². The van der Waals surface area contributed by atoms with E-state index in [2.05, 4.69) is 5.32 Å². The molecular formula is C11H22N2O. The molecule has 0 radical (unpaired) electrons. The number of carbonyl (C=O) groups excluding carboxylic acids is 1. The van der Waals surface area contributed by atoms with Gasteiger partial charge < -0.3 is 11.1 Å². The maximum Gasteiger partial charge on any atom is 0.224 e. The number of rotatable bonds is 5. The summed E-state index contributed by atoms with van der Waals surface area (Å²) in [6, 6.07) is 0. The predicted octanol–water partition coefficient (Wildman–Crippen LogP) is 1.28. The first-order chi connectivity index (χ1) is 6.52. The van der Waals surface area contributed by atoms with Gasteiger partial charge in [-0.15, -0.1) is 0 Å². The molecule has 1 amide bonds. The van der Waals surface area contributed by atoms with Gasteiger partial charge in [-0.2, -0.15) is 0 Å². The molecule has 3 N–H and O–H groups in total. The monoisotopic (exact) mass is 198 g/mol. The first kappa shape index (κ1) is 11.5. The summed E-state index contributed by atoms with van der Waals surface area (Å²) in [4.78, 5) is 11.0. The molecule has 0 aromatic carbocycles. The molecule has 0 aromatic heterocycles.